The van der Waals surface area contributed by atoms with Crippen LogP contribution in [0.5, 0.6) is 0 Å². The highest BCUT2D eigenvalue weighted by molar-refractivity contribution is 7.13. The molecular weight excluding hydrogens is 286 g/mol. The van der Waals surface area contributed by atoms with Gasteiger partial charge in [0.25, 0.3) is 0 Å². The van der Waals surface area contributed by atoms with E-state index >= 15 is 0 Å². The van der Waals surface area contributed by atoms with Gasteiger partial charge in [0, 0.05) is 31.2 Å². The quantitative estimate of drug-likeness (QED) is 0.944. The summed E-state index contributed by atoms with van der Waals surface area (Å²) in [5, 5.41) is 5.86. The van der Waals surface area contributed by atoms with E-state index in [1.807, 2.05) is 10.3 Å². The number of piperidine rings is 1. The van der Waals surface area contributed by atoms with Crippen LogP contribution in [0.3, 0.4) is 0 Å². The Balaban J connectivity index is 1.76. The Morgan fingerprint density at radius 3 is 2.95 bits per heavy atom. The molecule has 3 heterocycles. The number of carbonyl (C=O) groups excluding carboxylic acids is 1. The first-order chi connectivity index (χ1) is 10.2. The average Bonchev–Trinajstić information content (AvgIpc) is 2.96. The monoisotopic (exact) mass is 303 g/mol. The van der Waals surface area contributed by atoms with Crippen molar-refractivity contribution in [2.45, 2.75) is 32.2 Å². The second-order valence-electron chi connectivity index (χ2n) is 5.00. The molecule has 1 N–H and O–H groups in total. The lowest BCUT2D eigenvalue weighted by atomic mass is 10.00. The highest BCUT2D eigenvalue weighted by Crippen LogP contribution is 2.33. The predicted molar refractivity (Wildman–Crippen MR) is 81.4 cm³/mol. The number of rotatable bonds is 3. The van der Waals surface area contributed by atoms with E-state index in [0.29, 0.717) is 5.95 Å². The number of nitrogens with one attached hydrogen (secondary N) is 1. The molecule has 1 aliphatic rings. The van der Waals surface area contributed by atoms with Gasteiger partial charge in [-0.15, -0.1) is 11.3 Å². The fourth-order valence-electron chi connectivity index (χ4n) is 2.57. The van der Waals surface area contributed by atoms with Crippen LogP contribution < -0.4 is 5.32 Å². The molecule has 0 bridgehead atoms. The Morgan fingerprint density at radius 2 is 2.19 bits per heavy atom. The van der Waals surface area contributed by atoms with Crippen molar-refractivity contribution in [3.05, 3.63) is 29.5 Å². The topological polar surface area (TPSA) is 71.0 Å². The van der Waals surface area contributed by atoms with Gasteiger partial charge in [-0.3, -0.25) is 4.79 Å². The van der Waals surface area contributed by atoms with Crippen LogP contribution in [-0.2, 0) is 4.79 Å². The maximum Gasteiger partial charge on any atom is 0.228 e. The molecule has 1 unspecified atom stereocenters. The third kappa shape index (κ3) is 3.18. The summed E-state index contributed by atoms with van der Waals surface area (Å²) in [7, 11) is 0. The lowest BCUT2D eigenvalue weighted by molar-refractivity contribution is -0.132. The summed E-state index contributed by atoms with van der Waals surface area (Å²) >= 11 is 1.51. The predicted octanol–water partition coefficient (Wildman–Crippen LogP) is 2.75. The number of likely N-dealkylation sites (tertiary alicyclic amines) is 1. The first-order valence-corrected chi connectivity index (χ1v) is 7.88. The molecule has 0 saturated carbocycles. The maximum absolute atomic E-state index is 11.7. The molecule has 7 heteroatoms. The molecule has 6 nitrogen and oxygen atoms in total. The maximum atomic E-state index is 11.7. The fourth-order valence-corrected chi connectivity index (χ4v) is 3.32. The molecule has 1 amide bonds. The Labute approximate surface area is 127 Å². The first-order valence-electron chi connectivity index (χ1n) is 7.01. The molecule has 2 aromatic heterocycles. The van der Waals surface area contributed by atoms with Crippen molar-refractivity contribution in [1.29, 1.82) is 0 Å². The molecule has 3 rings (SSSR count). The van der Waals surface area contributed by atoms with Crippen LogP contribution in [0.25, 0.3) is 0 Å². The van der Waals surface area contributed by atoms with Crippen LogP contribution in [0.2, 0.25) is 0 Å². The molecule has 1 saturated heterocycles. The van der Waals surface area contributed by atoms with Crippen LogP contribution in [0.4, 0.5) is 11.1 Å². The van der Waals surface area contributed by atoms with E-state index in [1.54, 1.807) is 25.4 Å². The average molecular weight is 303 g/mol. The molecule has 110 valence electrons. The van der Waals surface area contributed by atoms with Gasteiger partial charge in [-0.1, -0.05) is 0 Å². The zero-order chi connectivity index (χ0) is 14.7. The highest BCUT2D eigenvalue weighted by Gasteiger charge is 2.27. The van der Waals surface area contributed by atoms with Gasteiger partial charge in [-0.25, -0.2) is 15.0 Å². The highest BCUT2D eigenvalue weighted by atomic mass is 32.1. The van der Waals surface area contributed by atoms with Crippen molar-refractivity contribution in [2.24, 2.45) is 0 Å². The van der Waals surface area contributed by atoms with Crippen molar-refractivity contribution in [3.63, 3.8) is 0 Å². The summed E-state index contributed by atoms with van der Waals surface area (Å²) in [6, 6.07) is 1.87. The lowest BCUT2D eigenvalue weighted by Crippen LogP contribution is -2.37. The van der Waals surface area contributed by atoms with Gasteiger partial charge in [-0.05, 0) is 25.3 Å². The van der Waals surface area contributed by atoms with Gasteiger partial charge in [0.1, 0.15) is 0 Å². The number of amides is 1. The largest absolute Gasteiger partial charge is 0.334 e. The Bertz CT molecular complexity index is 615. The van der Waals surface area contributed by atoms with Gasteiger partial charge in [0.15, 0.2) is 5.13 Å². The van der Waals surface area contributed by atoms with Crippen LogP contribution in [0.1, 0.15) is 37.9 Å². The second kappa shape index (κ2) is 6.17. The van der Waals surface area contributed by atoms with Gasteiger partial charge >= 0.3 is 0 Å². The van der Waals surface area contributed by atoms with Gasteiger partial charge < -0.3 is 10.2 Å². The first kappa shape index (κ1) is 13.9. The summed E-state index contributed by atoms with van der Waals surface area (Å²) in [6.07, 6.45) is 6.55. The van der Waals surface area contributed by atoms with E-state index in [9.17, 15) is 4.79 Å². The van der Waals surface area contributed by atoms with E-state index in [1.165, 1.54) is 11.3 Å². The minimum absolute atomic E-state index is 0.0970. The molecule has 2 aromatic rings. The number of carbonyl (C=O) groups is 1. The van der Waals surface area contributed by atoms with Crippen molar-refractivity contribution < 1.29 is 4.79 Å². The SMILES string of the molecule is CC(=O)N1CCCCC1c1csc(Nc2ncccn2)n1. The van der Waals surface area contributed by atoms with Crippen molar-refractivity contribution in [2.75, 3.05) is 11.9 Å². The van der Waals surface area contributed by atoms with E-state index in [-0.39, 0.29) is 11.9 Å². The summed E-state index contributed by atoms with van der Waals surface area (Å²) in [6.45, 7) is 2.45. The molecular formula is C14H17N5OS. The summed E-state index contributed by atoms with van der Waals surface area (Å²) in [4.78, 5) is 26.5. The van der Waals surface area contributed by atoms with Gasteiger partial charge in [0.05, 0.1) is 11.7 Å². The van der Waals surface area contributed by atoms with Crippen LogP contribution in [-0.4, -0.2) is 32.3 Å². The number of hydrogen-bond donors (Lipinski definition) is 1. The molecule has 1 fully saturated rings. The Kier molecular flexibility index (Phi) is 4.10. The number of aromatic nitrogens is 3. The van der Waals surface area contributed by atoms with Gasteiger partial charge in [-0.2, -0.15) is 0 Å². The minimum Gasteiger partial charge on any atom is -0.334 e. The minimum atomic E-state index is 0.0970. The normalized spacial score (nSPS) is 18.5. The molecule has 0 spiro atoms. The van der Waals surface area contributed by atoms with E-state index in [4.69, 9.17) is 0 Å². The molecule has 0 radical (unpaired) electrons. The smallest absolute Gasteiger partial charge is 0.228 e. The third-order valence-corrected chi connectivity index (χ3v) is 4.33. The summed E-state index contributed by atoms with van der Waals surface area (Å²) in [5.74, 6) is 0.652. The van der Waals surface area contributed by atoms with Crippen molar-refractivity contribution in [3.8, 4) is 0 Å². The van der Waals surface area contributed by atoms with Gasteiger partial charge in [0.2, 0.25) is 11.9 Å². The molecule has 1 aliphatic heterocycles. The molecule has 0 aromatic carbocycles. The van der Waals surface area contributed by atoms with Crippen LogP contribution in [0, 0.1) is 0 Å². The second-order valence-corrected chi connectivity index (χ2v) is 5.86. The zero-order valence-corrected chi connectivity index (χ0v) is 12.6. The number of nitrogens with zero attached hydrogens (tertiary/aromatic N) is 4. The van der Waals surface area contributed by atoms with Crippen molar-refractivity contribution in [1.82, 2.24) is 19.9 Å². The summed E-state index contributed by atoms with van der Waals surface area (Å²) in [5.41, 5.74) is 0.952. The fraction of sp³-hybridized carbons (Fsp3) is 0.429. The molecule has 0 aliphatic carbocycles. The Morgan fingerprint density at radius 1 is 1.38 bits per heavy atom. The zero-order valence-electron chi connectivity index (χ0n) is 11.8. The van der Waals surface area contributed by atoms with Crippen LogP contribution in [0.15, 0.2) is 23.8 Å². The molecule has 21 heavy (non-hydrogen) atoms. The number of thiazole rings is 1. The lowest BCUT2D eigenvalue weighted by Gasteiger charge is -2.34. The number of hydrogen-bond acceptors (Lipinski definition) is 6. The summed E-state index contributed by atoms with van der Waals surface area (Å²) < 4.78 is 0. The van der Waals surface area contributed by atoms with E-state index < -0.39 is 0 Å². The van der Waals surface area contributed by atoms with E-state index in [0.717, 1.165) is 36.6 Å². The van der Waals surface area contributed by atoms with E-state index in [2.05, 4.69) is 20.3 Å². The molecule has 1 atom stereocenters. The van der Waals surface area contributed by atoms with Crippen molar-refractivity contribution >= 4 is 28.3 Å². The third-order valence-electron chi connectivity index (χ3n) is 3.56. The Hall–Kier alpha value is -2.02. The van der Waals surface area contributed by atoms with Crippen LogP contribution >= 0.6 is 11.3 Å². The number of anilines is 2. The standard InChI is InChI=1S/C14H17N5OS/c1-10(20)19-8-3-2-5-12(19)11-9-21-14(17-11)18-13-15-6-4-7-16-13/h4,6-7,9,12H,2-3,5,8H2,1H3,(H,15,16,17,18).